The molecule has 1 N–H and O–H groups in total. The molecule has 0 fully saturated rings. The van der Waals surface area contributed by atoms with Crippen molar-refractivity contribution in [2.24, 2.45) is 4.99 Å². The summed E-state index contributed by atoms with van der Waals surface area (Å²) >= 11 is 0. The van der Waals surface area contributed by atoms with Gasteiger partial charge in [-0.3, -0.25) is 5.01 Å². The molecule has 1 aromatic heterocycles. The first kappa shape index (κ1) is 20.3. The minimum Gasteiger partial charge on any atom is -0.497 e. The van der Waals surface area contributed by atoms with Crippen molar-refractivity contribution in [3.8, 4) is 11.5 Å². The van der Waals surface area contributed by atoms with Crippen molar-refractivity contribution >= 4 is 22.5 Å². The highest BCUT2D eigenvalue weighted by atomic mass is 16.5. The summed E-state index contributed by atoms with van der Waals surface area (Å²) in [5.41, 5.74) is 2.91. The van der Waals surface area contributed by atoms with Crippen LogP contribution in [-0.2, 0) is 4.74 Å². The highest BCUT2D eigenvalue weighted by molar-refractivity contribution is 6.03. The number of fused-ring (bicyclic) bond motifs is 2. The number of anilines is 1. The van der Waals surface area contributed by atoms with Crippen LogP contribution < -0.4 is 14.5 Å². The largest absolute Gasteiger partial charge is 0.497 e. The van der Waals surface area contributed by atoms with E-state index in [2.05, 4.69) is 28.8 Å². The molecule has 2 aromatic carbocycles. The highest BCUT2D eigenvalue weighted by Crippen LogP contribution is 2.34. The first-order valence-corrected chi connectivity index (χ1v) is 10.3. The first-order chi connectivity index (χ1) is 14.7. The summed E-state index contributed by atoms with van der Waals surface area (Å²) < 4.78 is 17.8. The molecule has 0 radical (unpaired) electrons. The molecule has 2 heterocycles. The quantitative estimate of drug-likeness (QED) is 0.628. The van der Waals surface area contributed by atoms with E-state index in [-0.39, 0.29) is 0 Å². The topological polar surface area (TPSA) is 62.3 Å². The predicted octanol–water partition coefficient (Wildman–Crippen LogP) is 4.40. The van der Waals surface area contributed by atoms with Crippen LogP contribution in [0.5, 0.6) is 11.5 Å². The molecule has 1 aliphatic rings. The van der Waals surface area contributed by atoms with E-state index in [1.165, 1.54) is 0 Å². The van der Waals surface area contributed by atoms with Crippen LogP contribution >= 0.6 is 0 Å². The predicted molar refractivity (Wildman–Crippen MR) is 119 cm³/mol. The van der Waals surface area contributed by atoms with Crippen LogP contribution in [0.2, 0.25) is 0 Å². The van der Waals surface area contributed by atoms with Gasteiger partial charge in [0, 0.05) is 36.8 Å². The fourth-order valence-electron chi connectivity index (χ4n) is 3.72. The molecule has 1 aliphatic heterocycles. The third-order valence-electron chi connectivity index (χ3n) is 5.21. The number of benzene rings is 2. The van der Waals surface area contributed by atoms with Crippen LogP contribution in [0.3, 0.4) is 0 Å². The Balaban J connectivity index is 1.79. The second-order valence-corrected chi connectivity index (χ2v) is 6.91. The summed E-state index contributed by atoms with van der Waals surface area (Å²) in [5.74, 6) is 1.99. The molecular formula is C23H28N4O3. The van der Waals surface area contributed by atoms with Crippen LogP contribution in [0.4, 0.5) is 5.69 Å². The molecule has 0 spiro atoms. The van der Waals surface area contributed by atoms with Crippen molar-refractivity contribution in [3.05, 3.63) is 54.2 Å². The number of aromatic amines is 1. The number of methoxy groups -OCH3 is 1. The lowest BCUT2D eigenvalue weighted by Gasteiger charge is -2.42. The molecule has 0 amide bonds. The van der Waals surface area contributed by atoms with Crippen LogP contribution in [0.15, 0.2) is 53.7 Å². The average molecular weight is 409 g/mol. The summed E-state index contributed by atoms with van der Waals surface area (Å²) in [4.78, 5) is 8.04. The zero-order valence-electron chi connectivity index (χ0n) is 17.9. The standard InChI is InChI=1S/C23H28N4O3/c1-5-26(6-2)27-21-11-9-17(28-4)15-19(21)22(25-23(27)29-7-3)30-18-8-10-20-16(14-18)12-13-24-20/h8-15,23-24H,5-7H2,1-4H3. The number of hydrogen-bond acceptors (Lipinski definition) is 6. The minimum absolute atomic E-state index is 0.498. The first-order valence-electron chi connectivity index (χ1n) is 10.3. The van der Waals surface area contributed by atoms with Gasteiger partial charge in [0.1, 0.15) is 11.5 Å². The summed E-state index contributed by atoms with van der Waals surface area (Å²) in [6, 6.07) is 13.9. The Hall–Kier alpha value is -3.03. The van der Waals surface area contributed by atoms with Crippen molar-refractivity contribution in [3.63, 3.8) is 0 Å². The van der Waals surface area contributed by atoms with E-state index in [4.69, 9.17) is 19.2 Å². The molecule has 158 valence electrons. The zero-order chi connectivity index (χ0) is 21.1. The lowest BCUT2D eigenvalue weighted by molar-refractivity contribution is 0.0235. The SMILES string of the molecule is CCOC1N=C(Oc2ccc3[nH]ccc3c2)c2cc(OC)ccc2N1N(CC)CC. The zero-order valence-corrected chi connectivity index (χ0v) is 17.9. The molecule has 3 aromatic rings. The number of hydrazine groups is 1. The van der Waals surface area contributed by atoms with Gasteiger partial charge in [0.05, 0.1) is 18.4 Å². The maximum Gasteiger partial charge on any atom is 0.245 e. The Kier molecular flexibility index (Phi) is 5.92. The molecule has 7 heteroatoms. The third-order valence-corrected chi connectivity index (χ3v) is 5.21. The summed E-state index contributed by atoms with van der Waals surface area (Å²) in [5, 5.41) is 5.39. The normalized spacial score (nSPS) is 16.0. The number of aliphatic imine (C=N–C) groups is 1. The maximum atomic E-state index is 6.29. The number of nitrogens with one attached hydrogen (secondary N) is 1. The van der Waals surface area contributed by atoms with Crippen molar-refractivity contribution in [2.45, 2.75) is 27.1 Å². The van der Waals surface area contributed by atoms with E-state index >= 15 is 0 Å². The lowest BCUT2D eigenvalue weighted by atomic mass is 10.1. The van der Waals surface area contributed by atoms with Crippen LogP contribution in [0.1, 0.15) is 26.3 Å². The Labute approximate surface area is 176 Å². The molecule has 0 aliphatic carbocycles. The van der Waals surface area contributed by atoms with Gasteiger partial charge in [-0.15, -0.1) is 0 Å². The van der Waals surface area contributed by atoms with Crippen LogP contribution in [0.25, 0.3) is 10.9 Å². The van der Waals surface area contributed by atoms with E-state index in [0.29, 0.717) is 12.5 Å². The van der Waals surface area contributed by atoms with Gasteiger partial charge in [-0.1, -0.05) is 13.8 Å². The minimum atomic E-state index is -0.498. The highest BCUT2D eigenvalue weighted by Gasteiger charge is 2.33. The summed E-state index contributed by atoms with van der Waals surface area (Å²) in [6.07, 6.45) is 1.42. The fourth-order valence-corrected chi connectivity index (χ4v) is 3.72. The average Bonchev–Trinajstić information content (AvgIpc) is 3.24. The second kappa shape index (κ2) is 8.77. The van der Waals surface area contributed by atoms with E-state index in [1.54, 1.807) is 7.11 Å². The van der Waals surface area contributed by atoms with Gasteiger partial charge in [-0.2, -0.15) is 4.99 Å². The molecule has 7 nitrogen and oxygen atoms in total. The molecule has 0 saturated heterocycles. The Bertz CT molecular complexity index is 1040. The Morgan fingerprint density at radius 3 is 2.57 bits per heavy atom. The van der Waals surface area contributed by atoms with E-state index < -0.39 is 6.35 Å². The fraction of sp³-hybridized carbons (Fsp3) is 0.348. The van der Waals surface area contributed by atoms with Gasteiger partial charge < -0.3 is 19.2 Å². The van der Waals surface area contributed by atoms with Gasteiger partial charge >= 0.3 is 0 Å². The molecule has 30 heavy (non-hydrogen) atoms. The van der Waals surface area contributed by atoms with Crippen molar-refractivity contribution < 1.29 is 14.2 Å². The van der Waals surface area contributed by atoms with Crippen LogP contribution in [-0.4, -0.2) is 49.0 Å². The van der Waals surface area contributed by atoms with Gasteiger partial charge in [0.25, 0.3) is 0 Å². The molecule has 1 unspecified atom stereocenters. The van der Waals surface area contributed by atoms with Crippen molar-refractivity contribution in [1.29, 1.82) is 0 Å². The van der Waals surface area contributed by atoms with E-state index in [9.17, 15) is 0 Å². The number of nitrogens with zero attached hydrogens (tertiary/aromatic N) is 3. The van der Waals surface area contributed by atoms with Crippen LogP contribution in [0, 0.1) is 0 Å². The Morgan fingerprint density at radius 1 is 1.03 bits per heavy atom. The number of ether oxygens (including phenoxy) is 3. The maximum absolute atomic E-state index is 6.29. The van der Waals surface area contributed by atoms with Gasteiger partial charge in [-0.05, 0) is 49.4 Å². The van der Waals surface area contributed by atoms with Crippen molar-refractivity contribution in [1.82, 2.24) is 9.99 Å². The molecule has 0 saturated carbocycles. The number of rotatable bonds is 7. The Morgan fingerprint density at radius 2 is 1.83 bits per heavy atom. The summed E-state index contributed by atoms with van der Waals surface area (Å²) in [6.45, 7) is 8.43. The molecule has 0 bridgehead atoms. The smallest absolute Gasteiger partial charge is 0.245 e. The number of aromatic nitrogens is 1. The van der Waals surface area contributed by atoms with Gasteiger partial charge in [0.2, 0.25) is 12.2 Å². The molecule has 1 atom stereocenters. The number of hydrogen-bond donors (Lipinski definition) is 1. The van der Waals surface area contributed by atoms with Gasteiger partial charge in [0.15, 0.2) is 0 Å². The second-order valence-electron chi connectivity index (χ2n) is 6.91. The molecule has 4 rings (SSSR count). The van der Waals surface area contributed by atoms with E-state index in [0.717, 1.165) is 46.7 Å². The molecular weight excluding hydrogens is 380 g/mol. The summed E-state index contributed by atoms with van der Waals surface area (Å²) in [7, 11) is 1.66. The monoisotopic (exact) mass is 408 g/mol. The van der Waals surface area contributed by atoms with E-state index in [1.807, 2.05) is 55.6 Å². The lowest BCUT2D eigenvalue weighted by Crippen LogP contribution is -2.52. The van der Waals surface area contributed by atoms with Crippen molar-refractivity contribution in [2.75, 3.05) is 31.8 Å². The van der Waals surface area contributed by atoms with Gasteiger partial charge in [-0.25, -0.2) is 5.01 Å². The number of H-pyrrole nitrogens is 1. The third kappa shape index (κ3) is 3.74.